The Morgan fingerprint density at radius 2 is 1.82 bits per heavy atom. The average Bonchev–Trinajstić information content (AvgIpc) is 3.34. The van der Waals surface area contributed by atoms with Gasteiger partial charge in [-0.3, -0.25) is 19.5 Å². The van der Waals surface area contributed by atoms with Crippen molar-refractivity contribution < 1.29 is 19.1 Å². The first-order chi connectivity index (χ1) is 19.1. The number of hydrogen-bond acceptors (Lipinski definition) is 6. The second-order valence-electron chi connectivity index (χ2n) is 10.1. The number of aromatic nitrogens is 1. The molecule has 3 aromatic rings. The predicted octanol–water partition coefficient (Wildman–Crippen LogP) is 3.34. The van der Waals surface area contributed by atoms with Crippen molar-refractivity contribution in [3.8, 4) is 5.75 Å². The van der Waals surface area contributed by atoms with Gasteiger partial charge in [0.05, 0.1) is 32.0 Å². The molecule has 2 saturated heterocycles. The molecular formula is C31H36N4O4. The van der Waals surface area contributed by atoms with Gasteiger partial charge in [-0.1, -0.05) is 48.5 Å². The number of benzene rings is 2. The third kappa shape index (κ3) is 7.65. The standard InChI is InChI=1S/C31H36N4O4/c36-30-20-27(26-8-2-1-3-9-26)22-35(30)24-31(37)34(23-28-10-4-5-12-32-28)21-25-7-6-11-29(19-25)39-18-15-33-13-16-38-17-14-33/h1-12,19,27H,13-18,20-24H2/t27-/m1/s1. The molecule has 5 rings (SSSR count). The van der Waals surface area contributed by atoms with Crippen molar-refractivity contribution in [2.75, 3.05) is 52.5 Å². The highest BCUT2D eigenvalue weighted by atomic mass is 16.5. The molecule has 0 N–H and O–H groups in total. The first kappa shape index (κ1) is 26.8. The Labute approximate surface area is 230 Å². The molecule has 0 spiro atoms. The third-order valence-corrected chi connectivity index (χ3v) is 7.30. The molecule has 8 heteroatoms. The van der Waals surface area contributed by atoms with Crippen molar-refractivity contribution in [1.82, 2.24) is 19.7 Å². The summed E-state index contributed by atoms with van der Waals surface area (Å²) < 4.78 is 11.4. The van der Waals surface area contributed by atoms with E-state index in [4.69, 9.17) is 9.47 Å². The van der Waals surface area contributed by atoms with E-state index in [-0.39, 0.29) is 24.3 Å². The summed E-state index contributed by atoms with van der Waals surface area (Å²) in [4.78, 5) is 36.6. The molecule has 204 valence electrons. The molecule has 2 aromatic carbocycles. The summed E-state index contributed by atoms with van der Waals surface area (Å²) in [6.45, 7) is 6.23. The van der Waals surface area contributed by atoms with Crippen LogP contribution in [0, 0.1) is 0 Å². The summed E-state index contributed by atoms with van der Waals surface area (Å²) >= 11 is 0. The van der Waals surface area contributed by atoms with Gasteiger partial charge in [0, 0.05) is 51.3 Å². The van der Waals surface area contributed by atoms with Crippen molar-refractivity contribution in [3.63, 3.8) is 0 Å². The van der Waals surface area contributed by atoms with Crippen LogP contribution in [0.15, 0.2) is 79.0 Å². The highest BCUT2D eigenvalue weighted by Crippen LogP contribution is 2.28. The fourth-order valence-corrected chi connectivity index (χ4v) is 5.13. The van der Waals surface area contributed by atoms with E-state index in [0.717, 1.165) is 55.4 Å². The molecule has 39 heavy (non-hydrogen) atoms. The van der Waals surface area contributed by atoms with Gasteiger partial charge in [-0.15, -0.1) is 0 Å². The highest BCUT2D eigenvalue weighted by molar-refractivity contribution is 5.86. The molecule has 2 aliphatic rings. The number of ether oxygens (including phenoxy) is 2. The molecule has 8 nitrogen and oxygen atoms in total. The van der Waals surface area contributed by atoms with Crippen molar-refractivity contribution in [2.45, 2.75) is 25.4 Å². The Bertz CT molecular complexity index is 1220. The summed E-state index contributed by atoms with van der Waals surface area (Å²) in [7, 11) is 0. The van der Waals surface area contributed by atoms with Crippen LogP contribution in [0.4, 0.5) is 0 Å². The Balaban J connectivity index is 1.23. The molecule has 1 atom stereocenters. The Morgan fingerprint density at radius 3 is 2.62 bits per heavy atom. The number of pyridine rings is 1. The van der Waals surface area contributed by atoms with Gasteiger partial charge < -0.3 is 19.3 Å². The molecule has 0 unspecified atom stereocenters. The summed E-state index contributed by atoms with van der Waals surface area (Å²) in [5.41, 5.74) is 2.91. The van der Waals surface area contributed by atoms with Crippen LogP contribution in [-0.2, 0) is 27.4 Å². The fourth-order valence-electron chi connectivity index (χ4n) is 5.13. The smallest absolute Gasteiger partial charge is 0.242 e. The van der Waals surface area contributed by atoms with Crippen LogP contribution < -0.4 is 4.74 Å². The number of rotatable bonds is 11. The number of hydrogen-bond donors (Lipinski definition) is 0. The second kappa shape index (κ2) is 13.4. The summed E-state index contributed by atoms with van der Waals surface area (Å²) in [6.07, 6.45) is 2.16. The molecular weight excluding hydrogens is 492 g/mol. The maximum Gasteiger partial charge on any atom is 0.242 e. The Hall–Kier alpha value is -3.75. The predicted molar refractivity (Wildman–Crippen MR) is 148 cm³/mol. The Kier molecular flexibility index (Phi) is 9.19. The zero-order valence-corrected chi connectivity index (χ0v) is 22.3. The third-order valence-electron chi connectivity index (χ3n) is 7.30. The number of morpholine rings is 1. The van der Waals surface area contributed by atoms with Crippen molar-refractivity contribution in [2.24, 2.45) is 0 Å². The van der Waals surface area contributed by atoms with Gasteiger partial charge in [-0.05, 0) is 35.4 Å². The van der Waals surface area contributed by atoms with Crippen molar-refractivity contribution in [3.05, 3.63) is 95.8 Å². The highest BCUT2D eigenvalue weighted by Gasteiger charge is 2.32. The molecule has 3 heterocycles. The first-order valence-electron chi connectivity index (χ1n) is 13.7. The lowest BCUT2D eigenvalue weighted by Gasteiger charge is -2.26. The van der Waals surface area contributed by atoms with Gasteiger partial charge in [0.25, 0.3) is 0 Å². The van der Waals surface area contributed by atoms with Gasteiger partial charge in [-0.2, -0.15) is 0 Å². The lowest BCUT2D eigenvalue weighted by atomic mass is 9.99. The van der Waals surface area contributed by atoms with E-state index >= 15 is 0 Å². The molecule has 0 radical (unpaired) electrons. The first-order valence-corrected chi connectivity index (χ1v) is 13.7. The van der Waals surface area contributed by atoms with Crippen LogP contribution in [0.25, 0.3) is 0 Å². The topological polar surface area (TPSA) is 75.2 Å². The quantitative estimate of drug-likeness (QED) is 0.380. The lowest BCUT2D eigenvalue weighted by Crippen LogP contribution is -2.40. The van der Waals surface area contributed by atoms with Gasteiger partial charge in [-0.25, -0.2) is 0 Å². The zero-order chi connectivity index (χ0) is 26.9. The summed E-state index contributed by atoms with van der Waals surface area (Å²) in [5.74, 6) is 0.820. The fraction of sp³-hybridized carbons (Fsp3) is 0.387. The number of nitrogens with zero attached hydrogens (tertiary/aromatic N) is 4. The minimum absolute atomic E-state index is 0.0191. The summed E-state index contributed by atoms with van der Waals surface area (Å²) in [6, 6.07) is 23.6. The van der Waals surface area contributed by atoms with E-state index in [2.05, 4.69) is 9.88 Å². The van der Waals surface area contributed by atoms with Gasteiger partial charge >= 0.3 is 0 Å². The normalized spacial score (nSPS) is 17.8. The largest absolute Gasteiger partial charge is 0.492 e. The minimum Gasteiger partial charge on any atom is -0.492 e. The van der Waals surface area contributed by atoms with E-state index in [9.17, 15) is 9.59 Å². The van der Waals surface area contributed by atoms with Crippen LogP contribution in [-0.4, -0.2) is 84.0 Å². The van der Waals surface area contributed by atoms with Crippen molar-refractivity contribution in [1.29, 1.82) is 0 Å². The van der Waals surface area contributed by atoms with E-state index in [1.165, 1.54) is 0 Å². The summed E-state index contributed by atoms with van der Waals surface area (Å²) in [5, 5.41) is 0. The van der Waals surface area contributed by atoms with Crippen molar-refractivity contribution >= 4 is 11.8 Å². The molecule has 2 aliphatic heterocycles. The molecule has 0 bridgehead atoms. The SMILES string of the molecule is O=C(CN1C[C@H](c2ccccc2)CC1=O)N(Cc1cccc(OCCN2CCOCC2)c1)Cc1ccccn1. The average molecular weight is 529 g/mol. The second-order valence-corrected chi connectivity index (χ2v) is 10.1. The molecule has 0 aliphatic carbocycles. The number of likely N-dealkylation sites (tertiary alicyclic amines) is 1. The maximum atomic E-state index is 13.6. The van der Waals surface area contributed by atoms with Gasteiger partial charge in [0.2, 0.25) is 11.8 Å². The molecule has 2 amide bonds. The number of carbonyl (C=O) groups is 2. The van der Waals surface area contributed by atoms with E-state index in [1.807, 2.05) is 72.8 Å². The molecule has 0 saturated carbocycles. The van der Waals surface area contributed by atoms with Crippen LogP contribution in [0.2, 0.25) is 0 Å². The molecule has 2 fully saturated rings. The van der Waals surface area contributed by atoms with Gasteiger partial charge in [0.15, 0.2) is 0 Å². The van der Waals surface area contributed by atoms with E-state index in [0.29, 0.717) is 32.7 Å². The van der Waals surface area contributed by atoms with Crippen LogP contribution in [0.1, 0.15) is 29.2 Å². The van der Waals surface area contributed by atoms with E-state index in [1.54, 1.807) is 16.0 Å². The van der Waals surface area contributed by atoms with Crippen LogP contribution >= 0.6 is 0 Å². The Morgan fingerprint density at radius 1 is 1.00 bits per heavy atom. The monoisotopic (exact) mass is 528 g/mol. The maximum absolute atomic E-state index is 13.6. The lowest BCUT2D eigenvalue weighted by molar-refractivity contribution is -0.139. The van der Waals surface area contributed by atoms with E-state index < -0.39 is 0 Å². The number of amides is 2. The van der Waals surface area contributed by atoms with Crippen LogP contribution in [0.5, 0.6) is 5.75 Å². The minimum atomic E-state index is -0.0960. The zero-order valence-electron chi connectivity index (χ0n) is 22.3. The van der Waals surface area contributed by atoms with Crippen LogP contribution in [0.3, 0.4) is 0 Å². The number of carbonyl (C=O) groups excluding carboxylic acids is 2. The van der Waals surface area contributed by atoms with Gasteiger partial charge in [0.1, 0.15) is 12.4 Å². The molecule has 1 aromatic heterocycles.